The fourth-order valence-corrected chi connectivity index (χ4v) is 7.90. The molecule has 6 rings (SSSR count). The van der Waals surface area contributed by atoms with E-state index in [0.717, 1.165) is 28.2 Å². The number of rotatable bonds is 6. The van der Waals surface area contributed by atoms with Crippen LogP contribution in [-0.2, 0) is 13.2 Å². The van der Waals surface area contributed by atoms with Crippen molar-refractivity contribution in [2.45, 2.75) is 71.1 Å². The van der Waals surface area contributed by atoms with Gasteiger partial charge in [0, 0.05) is 22.1 Å². The lowest BCUT2D eigenvalue weighted by atomic mass is 9.43. The van der Waals surface area contributed by atoms with Crippen molar-refractivity contribution in [2.75, 3.05) is 0 Å². The number of ether oxygens (including phenoxy) is 1. The second-order valence-corrected chi connectivity index (χ2v) is 11.8. The van der Waals surface area contributed by atoms with E-state index in [1.807, 2.05) is 12.1 Å². The van der Waals surface area contributed by atoms with Crippen molar-refractivity contribution in [3.05, 3.63) is 63.9 Å². The number of halogens is 2. The first kappa shape index (κ1) is 20.5. The van der Waals surface area contributed by atoms with Gasteiger partial charge in [-0.1, -0.05) is 41.9 Å². The average molecular weight is 472 g/mol. The van der Waals surface area contributed by atoms with E-state index in [0.29, 0.717) is 17.4 Å². The molecule has 4 saturated carbocycles. The minimum atomic E-state index is -0.217. The summed E-state index contributed by atoms with van der Waals surface area (Å²) in [5.74, 6) is 1.56. The van der Waals surface area contributed by atoms with E-state index in [9.17, 15) is 4.39 Å². The lowest BCUT2D eigenvalue weighted by Gasteiger charge is -2.65. The molecule has 0 amide bonds. The quantitative estimate of drug-likeness (QED) is 0.489. The Labute approximate surface area is 187 Å². The van der Waals surface area contributed by atoms with E-state index in [4.69, 9.17) is 4.74 Å². The first-order valence-electron chi connectivity index (χ1n) is 11.1. The third-order valence-electron chi connectivity index (χ3n) is 7.61. The number of nitrogens with one attached hydrogen (secondary N) is 1. The summed E-state index contributed by atoms with van der Waals surface area (Å²) in [6.07, 6.45) is 8.13. The van der Waals surface area contributed by atoms with Gasteiger partial charge in [-0.25, -0.2) is 4.39 Å². The van der Waals surface area contributed by atoms with E-state index < -0.39 is 0 Å². The highest BCUT2D eigenvalue weighted by molar-refractivity contribution is 9.10. The van der Waals surface area contributed by atoms with Crippen LogP contribution >= 0.6 is 15.9 Å². The molecule has 2 nitrogen and oxygen atoms in total. The predicted molar refractivity (Wildman–Crippen MR) is 122 cm³/mol. The Morgan fingerprint density at radius 1 is 1.00 bits per heavy atom. The summed E-state index contributed by atoms with van der Waals surface area (Å²) in [4.78, 5) is 0. The highest BCUT2D eigenvalue weighted by Crippen LogP contribution is 2.66. The Bertz CT molecular complexity index is 925. The molecule has 160 valence electrons. The first-order chi connectivity index (χ1) is 14.2. The zero-order valence-electron chi connectivity index (χ0n) is 17.9. The van der Waals surface area contributed by atoms with Gasteiger partial charge in [0.25, 0.3) is 0 Å². The van der Waals surface area contributed by atoms with Crippen LogP contribution in [0.25, 0.3) is 0 Å². The molecule has 30 heavy (non-hydrogen) atoms. The predicted octanol–water partition coefficient (Wildman–Crippen LogP) is 7.01. The van der Waals surface area contributed by atoms with E-state index >= 15 is 0 Å². The number of hydrogen-bond donors (Lipinski definition) is 1. The van der Waals surface area contributed by atoms with Crippen molar-refractivity contribution in [1.82, 2.24) is 5.32 Å². The Hall–Kier alpha value is -1.39. The highest BCUT2D eigenvalue weighted by atomic mass is 79.9. The zero-order chi connectivity index (χ0) is 21.0. The van der Waals surface area contributed by atoms with Gasteiger partial charge in [0.15, 0.2) is 0 Å². The largest absolute Gasteiger partial charge is 0.489 e. The maximum atomic E-state index is 13.2. The van der Waals surface area contributed by atoms with E-state index in [1.54, 1.807) is 12.1 Å². The van der Waals surface area contributed by atoms with Gasteiger partial charge in [-0.05, 0) is 91.2 Å². The molecule has 4 bridgehead atoms. The summed E-state index contributed by atoms with van der Waals surface area (Å²) in [6, 6.07) is 12.7. The minimum Gasteiger partial charge on any atom is -0.489 e. The normalized spacial score (nSPS) is 34.3. The van der Waals surface area contributed by atoms with Crippen LogP contribution in [0.5, 0.6) is 5.75 Å². The second-order valence-electron chi connectivity index (χ2n) is 10.9. The van der Waals surface area contributed by atoms with Gasteiger partial charge >= 0.3 is 0 Å². The smallest absolute Gasteiger partial charge is 0.124 e. The molecule has 1 N–H and O–H groups in total. The van der Waals surface area contributed by atoms with Crippen LogP contribution in [-0.4, -0.2) is 5.54 Å². The van der Waals surface area contributed by atoms with Gasteiger partial charge in [0.1, 0.15) is 18.2 Å². The molecule has 2 aromatic rings. The Morgan fingerprint density at radius 3 is 2.37 bits per heavy atom. The van der Waals surface area contributed by atoms with Crippen LogP contribution in [0.3, 0.4) is 0 Å². The zero-order valence-corrected chi connectivity index (χ0v) is 19.5. The minimum absolute atomic E-state index is 0.217. The third kappa shape index (κ3) is 4.05. The molecular formula is C26H31BrFNO. The molecule has 2 atom stereocenters. The van der Waals surface area contributed by atoms with Crippen LogP contribution in [0.1, 0.15) is 63.5 Å². The fraction of sp³-hybridized carbons (Fsp3) is 0.538. The number of hydrogen-bond acceptors (Lipinski definition) is 2. The molecule has 4 fully saturated rings. The molecular weight excluding hydrogens is 441 g/mol. The summed E-state index contributed by atoms with van der Waals surface area (Å²) in [7, 11) is 0. The maximum absolute atomic E-state index is 13.2. The standard InChI is InChI=1S/C26H31BrFNO/c1-24-10-19-11-25(2,15-24)17-26(12-19,16-24)29-13-20-9-21(27)5-8-23(20)30-14-18-3-6-22(28)7-4-18/h3-9,19,29H,10-17H2,1-2H3. The summed E-state index contributed by atoms with van der Waals surface area (Å²) < 4.78 is 20.4. The molecule has 2 aromatic carbocycles. The van der Waals surface area contributed by atoms with Crippen LogP contribution < -0.4 is 10.1 Å². The average Bonchev–Trinajstić information content (AvgIpc) is 2.64. The molecule has 0 spiro atoms. The van der Waals surface area contributed by atoms with Crippen molar-refractivity contribution in [1.29, 1.82) is 0 Å². The topological polar surface area (TPSA) is 21.3 Å². The monoisotopic (exact) mass is 471 g/mol. The third-order valence-corrected chi connectivity index (χ3v) is 8.10. The van der Waals surface area contributed by atoms with Crippen LogP contribution in [0.2, 0.25) is 0 Å². The van der Waals surface area contributed by atoms with Gasteiger partial charge in [-0.3, -0.25) is 0 Å². The van der Waals surface area contributed by atoms with Crippen molar-refractivity contribution < 1.29 is 9.13 Å². The summed E-state index contributed by atoms with van der Waals surface area (Å²) in [5, 5.41) is 4.02. The fourth-order valence-electron chi connectivity index (χ4n) is 7.50. The molecule has 0 heterocycles. The van der Waals surface area contributed by atoms with Gasteiger partial charge < -0.3 is 10.1 Å². The van der Waals surface area contributed by atoms with Gasteiger partial charge in [0.05, 0.1) is 0 Å². The first-order valence-corrected chi connectivity index (χ1v) is 11.9. The van der Waals surface area contributed by atoms with Crippen molar-refractivity contribution in [2.24, 2.45) is 16.7 Å². The summed E-state index contributed by atoms with van der Waals surface area (Å²) in [5.41, 5.74) is 3.41. The maximum Gasteiger partial charge on any atom is 0.124 e. The van der Waals surface area contributed by atoms with E-state index in [-0.39, 0.29) is 11.4 Å². The lowest BCUT2D eigenvalue weighted by Crippen LogP contribution is -2.63. The van der Waals surface area contributed by atoms with Crippen molar-refractivity contribution in [3.8, 4) is 5.75 Å². The lowest BCUT2D eigenvalue weighted by molar-refractivity contribution is -0.118. The molecule has 4 heteroatoms. The summed E-state index contributed by atoms with van der Waals surface area (Å²) >= 11 is 3.63. The van der Waals surface area contributed by atoms with Crippen LogP contribution in [0.15, 0.2) is 46.9 Å². The molecule has 2 unspecified atom stereocenters. The van der Waals surface area contributed by atoms with E-state index in [2.05, 4.69) is 41.2 Å². The van der Waals surface area contributed by atoms with Gasteiger partial charge in [0.2, 0.25) is 0 Å². The Kier molecular flexibility index (Phi) is 5.02. The molecule has 4 aliphatic rings. The Morgan fingerprint density at radius 2 is 1.70 bits per heavy atom. The molecule has 0 radical (unpaired) electrons. The second kappa shape index (κ2) is 7.34. The SMILES string of the molecule is CC12CC3CC(C)(C1)CC(NCc1cc(Br)ccc1OCc1ccc(F)cc1)(C3)C2. The molecule has 0 aromatic heterocycles. The van der Waals surface area contributed by atoms with Crippen LogP contribution in [0, 0.1) is 22.6 Å². The summed E-state index contributed by atoms with van der Waals surface area (Å²) in [6.45, 7) is 6.29. The van der Waals surface area contributed by atoms with Crippen molar-refractivity contribution >= 4 is 15.9 Å². The van der Waals surface area contributed by atoms with E-state index in [1.165, 1.54) is 56.2 Å². The van der Waals surface area contributed by atoms with Crippen LogP contribution in [0.4, 0.5) is 4.39 Å². The van der Waals surface area contributed by atoms with Crippen molar-refractivity contribution in [3.63, 3.8) is 0 Å². The molecule has 4 aliphatic carbocycles. The molecule has 0 aliphatic heterocycles. The highest BCUT2D eigenvalue weighted by Gasteiger charge is 2.59. The van der Waals surface area contributed by atoms with Gasteiger partial charge in [-0.2, -0.15) is 0 Å². The number of benzene rings is 2. The Balaban J connectivity index is 1.31. The molecule has 0 saturated heterocycles. The van der Waals surface area contributed by atoms with Gasteiger partial charge in [-0.15, -0.1) is 0 Å².